The van der Waals surface area contributed by atoms with Gasteiger partial charge in [-0.3, -0.25) is 9.59 Å². The van der Waals surface area contributed by atoms with E-state index < -0.39 is 11.8 Å². The molecule has 6 nitrogen and oxygen atoms in total. The maximum atomic E-state index is 9.47. The number of hydrogen-bond donors (Lipinski definition) is 2. The number of nitrogens with two attached hydrogens (primary N) is 2. The van der Waals surface area contributed by atoms with Crippen LogP contribution in [0.1, 0.15) is 27.7 Å². The van der Waals surface area contributed by atoms with Gasteiger partial charge in [0.1, 0.15) is 11.6 Å². The fourth-order valence-electron chi connectivity index (χ4n) is 0. The van der Waals surface area contributed by atoms with Gasteiger partial charge in [-0.2, -0.15) is 0 Å². The van der Waals surface area contributed by atoms with Gasteiger partial charge in [-0.25, -0.2) is 0 Å². The molecular weight excluding hydrogens is 236 g/mol. The molecule has 18 heavy (non-hydrogen) atoms. The summed E-state index contributed by atoms with van der Waals surface area (Å²) in [6, 6.07) is 0. The van der Waals surface area contributed by atoms with Gasteiger partial charge >= 0.3 is 0 Å². The average molecular weight is 258 g/mol. The summed E-state index contributed by atoms with van der Waals surface area (Å²) < 4.78 is 0. The second-order valence-electron chi connectivity index (χ2n) is 3.03. The summed E-state index contributed by atoms with van der Waals surface area (Å²) in [5.41, 5.74) is 9.07. The monoisotopic (exact) mass is 258 g/mol. The molecule has 104 valence electrons. The molecule has 0 radical (unpaired) electrons. The Labute approximate surface area is 108 Å². The van der Waals surface area contributed by atoms with Crippen LogP contribution >= 0.6 is 0 Å². The Hall–Kier alpha value is -2.24. The van der Waals surface area contributed by atoms with Crippen molar-refractivity contribution >= 4 is 23.4 Å². The number of Topliss-reactive ketones (excluding diaryl/α,β-unsaturated/α-hetero) is 2. The Kier molecular flexibility index (Phi) is 27.9. The van der Waals surface area contributed by atoms with Crippen molar-refractivity contribution in [2.75, 3.05) is 0 Å². The van der Waals surface area contributed by atoms with Crippen LogP contribution in [0, 0.1) is 0 Å². The van der Waals surface area contributed by atoms with Gasteiger partial charge in [0.05, 0.1) is 0 Å². The summed E-state index contributed by atoms with van der Waals surface area (Å²) in [4.78, 5) is 37.8. The van der Waals surface area contributed by atoms with Crippen LogP contribution in [0.15, 0.2) is 25.3 Å². The minimum absolute atomic E-state index is 0.167. The van der Waals surface area contributed by atoms with Gasteiger partial charge in [0.2, 0.25) is 11.8 Å². The highest BCUT2D eigenvalue weighted by atomic mass is 16.1. The first kappa shape index (κ1) is 24.8. The summed E-state index contributed by atoms with van der Waals surface area (Å²) in [6.45, 7) is 12.3. The maximum absolute atomic E-state index is 9.47. The SMILES string of the molecule is C=CC(N)=O.C=CC(N)=O.CC(C)=O.CC(C)=O. The van der Waals surface area contributed by atoms with E-state index in [9.17, 15) is 19.2 Å². The molecule has 4 N–H and O–H groups in total. The second kappa shape index (κ2) is 20.2. The lowest BCUT2D eigenvalue weighted by Gasteiger charge is -1.65. The van der Waals surface area contributed by atoms with Crippen LogP contribution in [0.5, 0.6) is 0 Å². The number of amides is 2. The summed E-state index contributed by atoms with van der Waals surface area (Å²) in [6.07, 6.45) is 2.11. The Morgan fingerprint density at radius 2 is 0.778 bits per heavy atom. The van der Waals surface area contributed by atoms with Crippen molar-refractivity contribution in [3.05, 3.63) is 25.3 Å². The van der Waals surface area contributed by atoms with Crippen LogP contribution in [-0.2, 0) is 19.2 Å². The molecule has 0 atom stereocenters. The van der Waals surface area contributed by atoms with Crippen LogP contribution in [-0.4, -0.2) is 23.4 Å². The number of rotatable bonds is 2. The number of primary amides is 2. The molecule has 0 aliphatic heterocycles. The van der Waals surface area contributed by atoms with E-state index in [4.69, 9.17) is 0 Å². The first-order valence-corrected chi connectivity index (χ1v) is 4.79. The van der Waals surface area contributed by atoms with Crippen LogP contribution in [0.3, 0.4) is 0 Å². The van der Waals surface area contributed by atoms with Gasteiger partial charge in [-0.05, 0) is 39.8 Å². The molecule has 0 aromatic carbocycles. The normalized spacial score (nSPS) is 6.44. The second-order valence-corrected chi connectivity index (χ2v) is 3.03. The third-order valence-corrected chi connectivity index (χ3v) is 0.402. The molecule has 2 amide bonds. The lowest BCUT2D eigenvalue weighted by Crippen LogP contribution is -2.04. The zero-order valence-electron chi connectivity index (χ0n) is 11.4. The summed E-state index contributed by atoms with van der Waals surface area (Å²) in [7, 11) is 0. The third kappa shape index (κ3) is 723. The van der Waals surface area contributed by atoms with Crippen molar-refractivity contribution in [2.45, 2.75) is 27.7 Å². The van der Waals surface area contributed by atoms with Crippen molar-refractivity contribution in [1.29, 1.82) is 0 Å². The van der Waals surface area contributed by atoms with Gasteiger partial charge in [0, 0.05) is 0 Å². The van der Waals surface area contributed by atoms with E-state index >= 15 is 0 Å². The van der Waals surface area contributed by atoms with E-state index in [2.05, 4.69) is 24.6 Å². The largest absolute Gasteiger partial charge is 0.366 e. The molecule has 0 bridgehead atoms. The number of hydrogen-bond acceptors (Lipinski definition) is 4. The smallest absolute Gasteiger partial charge is 0.240 e. The molecule has 0 saturated carbocycles. The number of carbonyl (C=O) groups excluding carboxylic acids is 4. The van der Waals surface area contributed by atoms with E-state index in [-0.39, 0.29) is 11.6 Å². The van der Waals surface area contributed by atoms with Gasteiger partial charge in [-0.1, -0.05) is 13.2 Å². The molecule has 6 heteroatoms. The highest BCUT2D eigenvalue weighted by Crippen LogP contribution is 1.51. The molecule has 0 saturated heterocycles. The Balaban J connectivity index is -0.0000000731. The first-order valence-electron chi connectivity index (χ1n) is 4.79. The van der Waals surface area contributed by atoms with E-state index in [0.29, 0.717) is 0 Å². The molecule has 0 aromatic rings. The Morgan fingerprint density at radius 1 is 0.722 bits per heavy atom. The van der Waals surface area contributed by atoms with Crippen molar-refractivity contribution in [1.82, 2.24) is 0 Å². The lowest BCUT2D eigenvalue weighted by atomic mass is 10.6. The predicted molar refractivity (Wildman–Crippen MR) is 71.5 cm³/mol. The van der Waals surface area contributed by atoms with Gasteiger partial charge in [0.25, 0.3) is 0 Å². The molecule has 0 aliphatic rings. The van der Waals surface area contributed by atoms with E-state index in [1.165, 1.54) is 27.7 Å². The highest BCUT2D eigenvalue weighted by molar-refractivity contribution is 5.85. The van der Waals surface area contributed by atoms with Crippen LogP contribution < -0.4 is 11.5 Å². The highest BCUT2D eigenvalue weighted by Gasteiger charge is 1.70. The maximum Gasteiger partial charge on any atom is 0.240 e. The minimum Gasteiger partial charge on any atom is -0.366 e. The van der Waals surface area contributed by atoms with Crippen molar-refractivity contribution in [2.24, 2.45) is 11.5 Å². The molecular formula is C12H22N2O4. The quantitative estimate of drug-likeness (QED) is 0.701. The Morgan fingerprint density at radius 3 is 0.778 bits per heavy atom. The third-order valence-electron chi connectivity index (χ3n) is 0.402. The van der Waals surface area contributed by atoms with E-state index in [1.807, 2.05) is 0 Å². The average Bonchev–Trinajstić information content (AvgIpc) is 2.16. The molecule has 0 rings (SSSR count). The topological polar surface area (TPSA) is 120 Å². The first-order chi connectivity index (χ1) is 8.00. The van der Waals surface area contributed by atoms with Crippen molar-refractivity contribution < 1.29 is 19.2 Å². The molecule has 0 aromatic heterocycles. The fourth-order valence-corrected chi connectivity index (χ4v) is 0. The van der Waals surface area contributed by atoms with Crippen molar-refractivity contribution in [3.8, 4) is 0 Å². The van der Waals surface area contributed by atoms with Crippen LogP contribution in [0.4, 0.5) is 0 Å². The molecule has 0 unspecified atom stereocenters. The molecule has 0 aliphatic carbocycles. The zero-order chi connectivity index (χ0) is 15.7. The van der Waals surface area contributed by atoms with Crippen LogP contribution in [0.25, 0.3) is 0 Å². The molecule has 0 spiro atoms. The number of ketones is 2. The van der Waals surface area contributed by atoms with Gasteiger partial charge in [-0.15, -0.1) is 0 Å². The van der Waals surface area contributed by atoms with Gasteiger partial charge < -0.3 is 21.1 Å². The van der Waals surface area contributed by atoms with E-state index in [1.54, 1.807) is 0 Å². The standard InChI is InChI=1S/2C3H5NO.2C3H6O/c2*1-2-3(4)5;2*1-3(2)4/h2*2H,1H2,(H2,4,5);2*1-2H3. The summed E-state index contributed by atoms with van der Waals surface area (Å²) in [5, 5.41) is 0. The van der Waals surface area contributed by atoms with Crippen molar-refractivity contribution in [3.63, 3.8) is 0 Å². The predicted octanol–water partition coefficient (Wildman–Crippen LogP) is 0.506. The van der Waals surface area contributed by atoms with E-state index in [0.717, 1.165) is 12.2 Å². The summed E-state index contributed by atoms with van der Waals surface area (Å²) in [5.74, 6) is -0.630. The van der Waals surface area contributed by atoms with Gasteiger partial charge in [0.15, 0.2) is 0 Å². The lowest BCUT2D eigenvalue weighted by molar-refractivity contribution is -0.115. The van der Waals surface area contributed by atoms with Crippen LogP contribution in [0.2, 0.25) is 0 Å². The Bertz CT molecular complexity index is 258. The zero-order valence-corrected chi connectivity index (χ0v) is 11.4. The minimum atomic E-state index is -0.481. The fraction of sp³-hybridized carbons (Fsp3) is 0.333. The summed E-state index contributed by atoms with van der Waals surface area (Å²) >= 11 is 0. The molecule has 0 fully saturated rings. The molecule has 0 heterocycles. The number of carbonyl (C=O) groups is 4.